The average molecular weight is 312 g/mol. The Labute approximate surface area is 134 Å². The average Bonchev–Trinajstić information content (AvgIpc) is 3.38. The Morgan fingerprint density at radius 1 is 1.09 bits per heavy atom. The van der Waals surface area contributed by atoms with Crippen molar-refractivity contribution in [2.75, 3.05) is 26.2 Å². The Balaban J connectivity index is 1.79. The van der Waals surface area contributed by atoms with Gasteiger partial charge >= 0.3 is 5.69 Å². The molecule has 23 heavy (non-hydrogen) atoms. The van der Waals surface area contributed by atoms with Gasteiger partial charge in [0.25, 0.3) is 5.91 Å². The number of aromatic amines is 1. The quantitative estimate of drug-likeness (QED) is 0.891. The summed E-state index contributed by atoms with van der Waals surface area (Å²) in [4.78, 5) is 30.0. The van der Waals surface area contributed by atoms with E-state index in [0.717, 1.165) is 37.3 Å². The number of nitrogens with zero attached hydrogens (tertiary/aromatic N) is 2. The number of carbonyl (C=O) groups is 1. The van der Waals surface area contributed by atoms with Crippen molar-refractivity contribution in [3.05, 3.63) is 52.2 Å². The molecule has 1 saturated carbocycles. The van der Waals surface area contributed by atoms with E-state index >= 15 is 0 Å². The molecule has 0 spiro atoms. The summed E-state index contributed by atoms with van der Waals surface area (Å²) in [6, 6.07) is 9.54. The molecule has 0 unspecified atom stereocenters. The van der Waals surface area contributed by atoms with Gasteiger partial charge in [-0.3, -0.25) is 9.36 Å². The van der Waals surface area contributed by atoms with Crippen molar-refractivity contribution in [1.29, 1.82) is 0 Å². The highest BCUT2D eigenvalue weighted by atomic mass is 16.2. The van der Waals surface area contributed by atoms with Crippen LogP contribution in [0.3, 0.4) is 0 Å². The Bertz CT molecular complexity index is 768. The lowest BCUT2D eigenvalue weighted by Gasteiger charge is -2.27. The van der Waals surface area contributed by atoms with Crippen molar-refractivity contribution in [2.45, 2.75) is 18.8 Å². The smallest absolute Gasteiger partial charge is 0.330 e. The third-order valence-electron chi connectivity index (χ3n) is 4.53. The van der Waals surface area contributed by atoms with E-state index in [9.17, 15) is 9.59 Å². The second-order valence-corrected chi connectivity index (χ2v) is 6.18. The van der Waals surface area contributed by atoms with Crippen LogP contribution in [0.2, 0.25) is 0 Å². The zero-order valence-corrected chi connectivity index (χ0v) is 12.9. The molecule has 2 aromatic rings. The van der Waals surface area contributed by atoms with Crippen LogP contribution >= 0.6 is 0 Å². The zero-order chi connectivity index (χ0) is 15.8. The van der Waals surface area contributed by atoms with Gasteiger partial charge in [0.15, 0.2) is 0 Å². The Hall–Kier alpha value is -2.34. The normalized spacial score (nSPS) is 18.2. The number of carbonyl (C=O) groups excluding carboxylic acids is 1. The molecule has 1 aromatic heterocycles. The molecular formula is C17H20N4O2. The molecule has 2 N–H and O–H groups in total. The number of amides is 1. The van der Waals surface area contributed by atoms with Crippen molar-refractivity contribution in [1.82, 2.24) is 19.8 Å². The van der Waals surface area contributed by atoms with Crippen LogP contribution in [-0.4, -0.2) is 46.5 Å². The van der Waals surface area contributed by atoms with Crippen LogP contribution in [0.15, 0.2) is 35.1 Å². The Kier molecular flexibility index (Phi) is 3.53. The van der Waals surface area contributed by atoms with Gasteiger partial charge in [0.2, 0.25) is 0 Å². The number of H-pyrrole nitrogens is 1. The van der Waals surface area contributed by atoms with Crippen molar-refractivity contribution >= 4 is 5.91 Å². The number of para-hydroxylation sites is 1. The number of aromatic nitrogens is 2. The molecule has 4 rings (SSSR count). The number of nitrogens with one attached hydrogen (secondary N) is 2. The van der Waals surface area contributed by atoms with Gasteiger partial charge in [-0.1, -0.05) is 18.2 Å². The summed E-state index contributed by atoms with van der Waals surface area (Å²) in [5.74, 6) is 0.246. The van der Waals surface area contributed by atoms with E-state index in [-0.39, 0.29) is 11.6 Å². The lowest BCUT2D eigenvalue weighted by molar-refractivity contribution is 0.0729. The van der Waals surface area contributed by atoms with Crippen LogP contribution in [0.25, 0.3) is 5.69 Å². The minimum Gasteiger partial charge on any atom is -0.335 e. The van der Waals surface area contributed by atoms with Crippen LogP contribution < -0.4 is 11.0 Å². The highest BCUT2D eigenvalue weighted by Gasteiger charge is 2.35. The maximum absolute atomic E-state index is 12.9. The monoisotopic (exact) mass is 312 g/mol. The molecule has 2 heterocycles. The fourth-order valence-corrected chi connectivity index (χ4v) is 3.21. The van der Waals surface area contributed by atoms with E-state index in [2.05, 4.69) is 10.3 Å². The molecule has 6 heteroatoms. The van der Waals surface area contributed by atoms with Gasteiger partial charge in [-0.05, 0) is 25.0 Å². The molecule has 2 aliphatic rings. The van der Waals surface area contributed by atoms with E-state index < -0.39 is 0 Å². The zero-order valence-electron chi connectivity index (χ0n) is 12.9. The molecule has 1 aliphatic heterocycles. The molecule has 1 amide bonds. The summed E-state index contributed by atoms with van der Waals surface area (Å²) in [5, 5.41) is 3.24. The largest absolute Gasteiger partial charge is 0.335 e. The van der Waals surface area contributed by atoms with Crippen LogP contribution in [0.4, 0.5) is 0 Å². The first-order chi connectivity index (χ1) is 11.3. The predicted octanol–water partition coefficient (Wildman–Crippen LogP) is 1.09. The Morgan fingerprint density at radius 2 is 1.78 bits per heavy atom. The van der Waals surface area contributed by atoms with Crippen molar-refractivity contribution in [3.8, 4) is 5.69 Å². The van der Waals surface area contributed by atoms with Crippen molar-refractivity contribution < 1.29 is 4.79 Å². The molecule has 1 aromatic carbocycles. The van der Waals surface area contributed by atoms with Crippen LogP contribution in [-0.2, 0) is 0 Å². The summed E-state index contributed by atoms with van der Waals surface area (Å²) in [6.07, 6.45) is 2.07. The molecule has 0 bridgehead atoms. The molecule has 0 atom stereocenters. The van der Waals surface area contributed by atoms with Gasteiger partial charge < -0.3 is 15.2 Å². The minimum absolute atomic E-state index is 0.0554. The predicted molar refractivity (Wildman–Crippen MR) is 87.1 cm³/mol. The number of hydrogen-bond acceptors (Lipinski definition) is 3. The van der Waals surface area contributed by atoms with E-state index in [4.69, 9.17) is 0 Å². The van der Waals surface area contributed by atoms with Gasteiger partial charge in [0.1, 0.15) is 5.69 Å². The lowest BCUT2D eigenvalue weighted by atomic mass is 10.2. The van der Waals surface area contributed by atoms with E-state index in [1.807, 2.05) is 35.2 Å². The second kappa shape index (κ2) is 5.70. The van der Waals surface area contributed by atoms with Gasteiger partial charge in [0, 0.05) is 32.1 Å². The van der Waals surface area contributed by atoms with Crippen LogP contribution in [0.5, 0.6) is 0 Å². The fraction of sp³-hybridized carbons (Fsp3) is 0.412. The second-order valence-electron chi connectivity index (χ2n) is 6.18. The lowest BCUT2D eigenvalue weighted by Crippen LogP contribution is -2.46. The number of hydrogen-bond donors (Lipinski definition) is 2. The van der Waals surface area contributed by atoms with Crippen molar-refractivity contribution in [3.63, 3.8) is 0 Å². The maximum atomic E-state index is 12.9. The van der Waals surface area contributed by atoms with Crippen LogP contribution in [0, 0.1) is 0 Å². The first-order valence-corrected chi connectivity index (χ1v) is 8.16. The third-order valence-corrected chi connectivity index (χ3v) is 4.53. The van der Waals surface area contributed by atoms with Gasteiger partial charge in [-0.15, -0.1) is 0 Å². The van der Waals surface area contributed by atoms with Gasteiger partial charge in [0.05, 0.1) is 11.4 Å². The molecule has 0 radical (unpaired) electrons. The van der Waals surface area contributed by atoms with E-state index in [1.54, 1.807) is 4.57 Å². The first kappa shape index (κ1) is 14.3. The highest BCUT2D eigenvalue weighted by molar-refractivity contribution is 5.94. The molecular weight excluding hydrogens is 292 g/mol. The standard InChI is InChI=1S/C17H20N4O2/c22-16(20-10-8-18-9-11-20)14-15(12-6-7-12)21(17(23)19-14)13-4-2-1-3-5-13/h1-5,12,18H,6-11H2,(H,19,23). The van der Waals surface area contributed by atoms with Crippen molar-refractivity contribution in [2.24, 2.45) is 0 Å². The molecule has 1 aliphatic carbocycles. The number of rotatable bonds is 3. The van der Waals surface area contributed by atoms with Crippen LogP contribution in [0.1, 0.15) is 34.9 Å². The SMILES string of the molecule is O=C(c1[nH]c(=O)n(-c2ccccc2)c1C1CC1)N1CCNCC1. The third kappa shape index (κ3) is 2.59. The maximum Gasteiger partial charge on any atom is 0.330 e. The molecule has 120 valence electrons. The number of piperazine rings is 1. The molecule has 2 fully saturated rings. The fourth-order valence-electron chi connectivity index (χ4n) is 3.21. The topological polar surface area (TPSA) is 70.1 Å². The summed E-state index contributed by atoms with van der Waals surface area (Å²) >= 11 is 0. The summed E-state index contributed by atoms with van der Waals surface area (Å²) in [7, 11) is 0. The minimum atomic E-state index is -0.225. The summed E-state index contributed by atoms with van der Waals surface area (Å²) < 4.78 is 1.67. The summed E-state index contributed by atoms with van der Waals surface area (Å²) in [5.41, 5.74) is 1.92. The molecule has 6 nitrogen and oxygen atoms in total. The highest BCUT2D eigenvalue weighted by Crippen LogP contribution is 2.42. The summed E-state index contributed by atoms with van der Waals surface area (Å²) in [6.45, 7) is 2.96. The van der Waals surface area contributed by atoms with E-state index in [1.165, 1.54) is 0 Å². The van der Waals surface area contributed by atoms with E-state index in [0.29, 0.717) is 24.7 Å². The number of benzene rings is 1. The Morgan fingerprint density at radius 3 is 2.43 bits per heavy atom. The van der Waals surface area contributed by atoms with Gasteiger partial charge in [-0.2, -0.15) is 0 Å². The number of imidazole rings is 1. The van der Waals surface area contributed by atoms with Gasteiger partial charge in [-0.25, -0.2) is 4.79 Å². The first-order valence-electron chi connectivity index (χ1n) is 8.16. The molecule has 1 saturated heterocycles.